The molecule has 9 heteroatoms. The number of sulfonamides is 1. The molecule has 1 amide bonds. The first-order chi connectivity index (χ1) is 16.9. The molecule has 7 nitrogen and oxygen atoms in total. The Morgan fingerprint density at radius 2 is 1.78 bits per heavy atom. The number of benzene rings is 1. The molecule has 1 aromatic heterocycles. The number of piperidine rings is 2. The highest BCUT2D eigenvalue weighted by atomic mass is 32.2. The van der Waals surface area contributed by atoms with E-state index in [2.05, 4.69) is 48.1 Å². The Morgan fingerprint density at radius 3 is 2.42 bits per heavy atom. The minimum absolute atomic E-state index is 0.00475. The number of hydrogen-bond acceptors (Lipinski definition) is 6. The van der Waals surface area contributed by atoms with E-state index in [1.54, 1.807) is 4.31 Å². The normalized spacial score (nSPS) is 20.6. The van der Waals surface area contributed by atoms with Crippen molar-refractivity contribution in [3.05, 3.63) is 35.2 Å². The van der Waals surface area contributed by atoms with Crippen molar-refractivity contribution in [1.29, 1.82) is 0 Å². The Hall–Kier alpha value is -1.81. The zero-order valence-corrected chi connectivity index (χ0v) is 23.8. The lowest BCUT2D eigenvalue weighted by Crippen LogP contribution is -2.59. The van der Waals surface area contributed by atoms with E-state index in [9.17, 15) is 13.2 Å². The van der Waals surface area contributed by atoms with Crippen LogP contribution in [-0.2, 0) is 14.8 Å². The van der Waals surface area contributed by atoms with Crippen LogP contribution in [0.2, 0.25) is 0 Å². The number of thiazole rings is 1. The molecule has 198 valence electrons. The number of amides is 1. The molecule has 1 aromatic carbocycles. The maximum absolute atomic E-state index is 13.2. The molecule has 3 heterocycles. The molecule has 2 aromatic rings. The second kappa shape index (κ2) is 10.5. The number of carbonyl (C=O) groups excluding carboxylic acids is 1. The number of likely N-dealkylation sites (tertiary alicyclic amines) is 1. The molecular formula is C27H40N4O3S2. The van der Waals surface area contributed by atoms with Crippen molar-refractivity contribution in [3.63, 3.8) is 0 Å². The first-order valence-electron chi connectivity index (χ1n) is 12.9. The van der Waals surface area contributed by atoms with Gasteiger partial charge in [-0.15, -0.1) is 11.3 Å². The monoisotopic (exact) mass is 532 g/mol. The molecule has 0 atom stereocenters. The first kappa shape index (κ1) is 27.2. The Morgan fingerprint density at radius 1 is 1.11 bits per heavy atom. The third kappa shape index (κ3) is 6.36. The van der Waals surface area contributed by atoms with Crippen molar-refractivity contribution in [3.8, 4) is 11.3 Å². The molecule has 1 N–H and O–H groups in total. The van der Waals surface area contributed by atoms with Gasteiger partial charge in [0.1, 0.15) is 0 Å². The van der Waals surface area contributed by atoms with Crippen LogP contribution in [0.3, 0.4) is 0 Å². The minimum Gasteiger partial charge on any atom is -0.301 e. The van der Waals surface area contributed by atoms with E-state index in [0.29, 0.717) is 18.2 Å². The number of aromatic nitrogens is 1. The van der Waals surface area contributed by atoms with Gasteiger partial charge in [0, 0.05) is 23.0 Å². The number of aryl methyl sites for hydroxylation is 1. The molecule has 2 aliphatic heterocycles. The van der Waals surface area contributed by atoms with Crippen LogP contribution in [0.1, 0.15) is 58.9 Å². The van der Waals surface area contributed by atoms with Crippen molar-refractivity contribution < 1.29 is 13.2 Å². The molecule has 4 rings (SSSR count). The number of anilines is 1. The quantitative estimate of drug-likeness (QED) is 0.543. The molecule has 2 saturated heterocycles. The summed E-state index contributed by atoms with van der Waals surface area (Å²) in [5, 5.41) is 5.54. The summed E-state index contributed by atoms with van der Waals surface area (Å²) in [5.74, 6) is 0.248. The van der Waals surface area contributed by atoms with Crippen molar-refractivity contribution in [2.24, 2.45) is 11.3 Å². The fourth-order valence-electron chi connectivity index (χ4n) is 5.42. The average molecular weight is 533 g/mol. The summed E-state index contributed by atoms with van der Waals surface area (Å²) in [6, 6.07) is 8.20. The third-order valence-electron chi connectivity index (χ3n) is 7.68. The lowest BCUT2D eigenvalue weighted by molar-refractivity contribution is -0.118. The molecule has 1 spiro atoms. The predicted octanol–water partition coefficient (Wildman–Crippen LogP) is 5.00. The van der Waals surface area contributed by atoms with Crippen LogP contribution < -0.4 is 5.32 Å². The third-order valence-corrected chi connectivity index (χ3v) is 10.8. The molecule has 0 aliphatic carbocycles. The Bertz CT molecular complexity index is 1160. The SMILES string of the molecule is Cc1ccc(-c2csc(NC(=O)CN3CCC4(CC3)CCC(C)(C)N(S(=O)(=O)CC(C)C)C4)n2)cc1. The summed E-state index contributed by atoms with van der Waals surface area (Å²) in [6.45, 7) is 12.6. The van der Waals surface area contributed by atoms with Crippen LogP contribution in [0.15, 0.2) is 29.6 Å². The first-order valence-corrected chi connectivity index (χ1v) is 15.4. The van der Waals surface area contributed by atoms with E-state index in [0.717, 1.165) is 50.0 Å². The average Bonchev–Trinajstić information content (AvgIpc) is 3.25. The second-order valence-corrected chi connectivity index (χ2v) is 14.5. The summed E-state index contributed by atoms with van der Waals surface area (Å²) in [7, 11) is -3.30. The van der Waals surface area contributed by atoms with Gasteiger partial charge in [0.15, 0.2) is 5.13 Å². The van der Waals surface area contributed by atoms with Gasteiger partial charge in [0.2, 0.25) is 15.9 Å². The number of nitrogens with zero attached hydrogens (tertiary/aromatic N) is 3. The zero-order valence-electron chi connectivity index (χ0n) is 22.2. The summed E-state index contributed by atoms with van der Waals surface area (Å²) >= 11 is 1.44. The molecule has 0 unspecified atom stereocenters. The smallest absolute Gasteiger partial charge is 0.240 e. The van der Waals surface area contributed by atoms with Crippen molar-refractivity contribution in [2.75, 3.05) is 37.2 Å². The van der Waals surface area contributed by atoms with Crippen molar-refractivity contribution in [1.82, 2.24) is 14.2 Å². The molecule has 2 aliphatic rings. The van der Waals surface area contributed by atoms with Gasteiger partial charge in [-0.05, 0) is 70.9 Å². The van der Waals surface area contributed by atoms with Gasteiger partial charge in [0.25, 0.3) is 0 Å². The van der Waals surface area contributed by atoms with Crippen molar-refractivity contribution in [2.45, 2.75) is 65.8 Å². The van der Waals surface area contributed by atoms with Crippen LogP contribution in [0.5, 0.6) is 0 Å². The van der Waals surface area contributed by atoms with Gasteiger partial charge in [0.05, 0.1) is 18.0 Å². The van der Waals surface area contributed by atoms with Gasteiger partial charge < -0.3 is 5.32 Å². The highest BCUT2D eigenvalue weighted by Crippen LogP contribution is 2.46. The minimum atomic E-state index is -3.30. The van der Waals surface area contributed by atoms with Crippen LogP contribution in [0, 0.1) is 18.3 Å². The van der Waals surface area contributed by atoms with E-state index >= 15 is 0 Å². The van der Waals surface area contributed by atoms with Gasteiger partial charge in [-0.1, -0.05) is 43.7 Å². The second-order valence-electron chi connectivity index (χ2n) is 11.7. The van der Waals surface area contributed by atoms with Gasteiger partial charge >= 0.3 is 0 Å². The van der Waals surface area contributed by atoms with E-state index in [1.165, 1.54) is 16.9 Å². The van der Waals surface area contributed by atoms with E-state index in [-0.39, 0.29) is 28.5 Å². The summed E-state index contributed by atoms with van der Waals surface area (Å²) in [6.07, 6.45) is 3.74. The van der Waals surface area contributed by atoms with Crippen LogP contribution >= 0.6 is 11.3 Å². The molecular weight excluding hydrogens is 492 g/mol. The maximum Gasteiger partial charge on any atom is 0.240 e. The zero-order chi connectivity index (χ0) is 26.1. The van der Waals surface area contributed by atoms with Gasteiger partial charge in [-0.3, -0.25) is 9.69 Å². The largest absolute Gasteiger partial charge is 0.301 e. The Labute approximate surface area is 220 Å². The standard InChI is InChI=1S/C27H40N4O3S2/c1-20(2)18-36(33,34)31-19-27(11-10-26(31,4)5)12-14-30(15-13-27)16-24(32)29-25-28-23(17-35-25)22-8-6-21(3)7-9-22/h6-9,17,20H,10-16,18-19H2,1-5H3,(H,28,29,32). The van der Waals surface area contributed by atoms with E-state index in [4.69, 9.17) is 0 Å². The fraction of sp³-hybridized carbons (Fsp3) is 0.630. The molecule has 0 saturated carbocycles. The predicted molar refractivity (Wildman–Crippen MR) is 148 cm³/mol. The highest BCUT2D eigenvalue weighted by Gasteiger charge is 2.48. The number of hydrogen-bond donors (Lipinski definition) is 1. The lowest BCUT2D eigenvalue weighted by atomic mass is 9.69. The van der Waals surface area contributed by atoms with E-state index in [1.807, 2.05) is 31.4 Å². The Kier molecular flexibility index (Phi) is 7.95. The molecule has 2 fully saturated rings. The lowest BCUT2D eigenvalue weighted by Gasteiger charge is -2.53. The summed E-state index contributed by atoms with van der Waals surface area (Å²) in [4.78, 5) is 19.5. The van der Waals surface area contributed by atoms with Crippen LogP contribution in [0.25, 0.3) is 11.3 Å². The van der Waals surface area contributed by atoms with E-state index < -0.39 is 10.0 Å². The van der Waals surface area contributed by atoms with Gasteiger partial charge in [-0.25, -0.2) is 13.4 Å². The number of rotatable bonds is 7. The number of carbonyl (C=O) groups is 1. The summed E-state index contributed by atoms with van der Waals surface area (Å²) in [5.41, 5.74) is 2.77. The maximum atomic E-state index is 13.2. The van der Waals surface area contributed by atoms with Crippen LogP contribution in [-0.4, -0.2) is 66.0 Å². The highest BCUT2D eigenvalue weighted by molar-refractivity contribution is 7.89. The summed E-state index contributed by atoms with van der Waals surface area (Å²) < 4.78 is 28.2. The Balaban J connectivity index is 1.32. The van der Waals surface area contributed by atoms with Crippen LogP contribution in [0.4, 0.5) is 5.13 Å². The number of nitrogens with one attached hydrogen (secondary N) is 1. The van der Waals surface area contributed by atoms with Crippen molar-refractivity contribution >= 4 is 32.4 Å². The topological polar surface area (TPSA) is 82.6 Å². The van der Waals surface area contributed by atoms with Gasteiger partial charge in [-0.2, -0.15) is 4.31 Å². The molecule has 0 radical (unpaired) electrons. The molecule has 0 bridgehead atoms. The molecule has 36 heavy (non-hydrogen) atoms. The fourth-order valence-corrected chi connectivity index (χ4v) is 8.50.